The van der Waals surface area contributed by atoms with Crippen LogP contribution in [-0.4, -0.2) is 23.5 Å². The molecule has 0 aliphatic carbocycles. The summed E-state index contributed by atoms with van der Waals surface area (Å²) in [5.41, 5.74) is -0.505. The van der Waals surface area contributed by atoms with Crippen molar-refractivity contribution in [1.29, 1.82) is 0 Å². The van der Waals surface area contributed by atoms with Crippen LogP contribution in [0.15, 0.2) is 24.3 Å². The number of thiophene rings is 1. The number of Topliss-reactive ketones (excluding diaryl/α,β-unsaturated/α-hetero) is 1. The van der Waals surface area contributed by atoms with E-state index in [1.54, 1.807) is 6.07 Å². The molecular formula is C15H16O4S. The Balaban J connectivity index is 2.35. The molecule has 0 atom stereocenters. The number of aromatic carboxylic acids is 1. The smallest absolute Gasteiger partial charge is 0.349 e. The van der Waals surface area contributed by atoms with Gasteiger partial charge in [-0.1, -0.05) is 32.9 Å². The highest BCUT2D eigenvalue weighted by Gasteiger charge is 2.24. The number of rotatable bonds is 4. The Morgan fingerprint density at radius 2 is 1.90 bits per heavy atom. The van der Waals surface area contributed by atoms with Crippen LogP contribution in [0.1, 0.15) is 30.4 Å². The van der Waals surface area contributed by atoms with E-state index in [0.717, 1.165) is 21.4 Å². The second-order valence-electron chi connectivity index (χ2n) is 5.52. The van der Waals surface area contributed by atoms with E-state index in [-0.39, 0.29) is 23.0 Å². The lowest BCUT2D eigenvalue weighted by molar-refractivity contribution is -0.128. The van der Waals surface area contributed by atoms with Crippen molar-refractivity contribution in [2.75, 3.05) is 6.61 Å². The summed E-state index contributed by atoms with van der Waals surface area (Å²) in [5, 5.41) is 9.97. The third-order valence-corrected chi connectivity index (χ3v) is 4.07. The first kappa shape index (κ1) is 14.5. The van der Waals surface area contributed by atoms with E-state index >= 15 is 0 Å². The zero-order valence-corrected chi connectivity index (χ0v) is 12.4. The van der Waals surface area contributed by atoms with E-state index < -0.39 is 11.4 Å². The van der Waals surface area contributed by atoms with Crippen molar-refractivity contribution in [3.05, 3.63) is 29.1 Å². The molecule has 0 amide bonds. The highest BCUT2D eigenvalue weighted by molar-refractivity contribution is 7.21. The third kappa shape index (κ3) is 2.82. The number of hydrogen-bond acceptors (Lipinski definition) is 4. The summed E-state index contributed by atoms with van der Waals surface area (Å²) in [6, 6.07) is 7.30. The van der Waals surface area contributed by atoms with Crippen molar-refractivity contribution in [3.63, 3.8) is 0 Å². The van der Waals surface area contributed by atoms with Crippen LogP contribution in [0.5, 0.6) is 5.75 Å². The van der Waals surface area contributed by atoms with E-state index in [1.807, 2.05) is 39.0 Å². The summed E-state index contributed by atoms with van der Waals surface area (Å²) < 4.78 is 6.36. The van der Waals surface area contributed by atoms with Gasteiger partial charge in [0.05, 0.1) is 0 Å². The van der Waals surface area contributed by atoms with Crippen LogP contribution in [0.4, 0.5) is 0 Å². The molecule has 20 heavy (non-hydrogen) atoms. The van der Waals surface area contributed by atoms with Crippen molar-refractivity contribution in [3.8, 4) is 5.75 Å². The van der Waals surface area contributed by atoms with Gasteiger partial charge in [-0.2, -0.15) is 0 Å². The average Bonchev–Trinajstić information content (AvgIpc) is 2.73. The Hall–Kier alpha value is -1.88. The molecular weight excluding hydrogens is 276 g/mol. The summed E-state index contributed by atoms with van der Waals surface area (Å²) in [6.45, 7) is 5.30. The van der Waals surface area contributed by atoms with Crippen molar-refractivity contribution < 1.29 is 19.4 Å². The van der Waals surface area contributed by atoms with Gasteiger partial charge in [0.15, 0.2) is 16.4 Å². The Morgan fingerprint density at radius 3 is 2.50 bits per heavy atom. The number of fused-ring (bicyclic) bond motifs is 1. The van der Waals surface area contributed by atoms with Crippen molar-refractivity contribution in [2.24, 2.45) is 5.41 Å². The molecule has 0 bridgehead atoms. The van der Waals surface area contributed by atoms with Gasteiger partial charge in [0.1, 0.15) is 6.61 Å². The summed E-state index contributed by atoms with van der Waals surface area (Å²) in [4.78, 5) is 23.3. The van der Waals surface area contributed by atoms with Crippen LogP contribution < -0.4 is 4.74 Å². The summed E-state index contributed by atoms with van der Waals surface area (Å²) >= 11 is 1.16. The van der Waals surface area contributed by atoms with Gasteiger partial charge in [0.2, 0.25) is 0 Å². The number of carboxylic acids is 1. The average molecular weight is 292 g/mol. The topological polar surface area (TPSA) is 63.6 Å². The van der Waals surface area contributed by atoms with Crippen LogP contribution in [-0.2, 0) is 4.79 Å². The Bertz CT molecular complexity index is 664. The van der Waals surface area contributed by atoms with Crippen molar-refractivity contribution in [1.82, 2.24) is 0 Å². The molecule has 4 nitrogen and oxygen atoms in total. The monoisotopic (exact) mass is 292 g/mol. The standard InChI is InChI=1S/C15H16O4S/c1-15(2,3)11(16)8-19-12-9-6-4-5-7-10(9)20-13(12)14(17)18/h4-7H,8H2,1-3H3,(H,17,18). The van der Waals surface area contributed by atoms with Gasteiger partial charge < -0.3 is 9.84 Å². The molecule has 0 unspecified atom stereocenters. The van der Waals surface area contributed by atoms with Crippen LogP contribution in [0, 0.1) is 5.41 Å². The van der Waals surface area contributed by atoms with Gasteiger partial charge in [-0.25, -0.2) is 4.79 Å². The van der Waals surface area contributed by atoms with E-state index in [0.29, 0.717) is 0 Å². The summed E-state index contributed by atoms with van der Waals surface area (Å²) in [7, 11) is 0. The van der Waals surface area contributed by atoms with Crippen LogP contribution in [0.3, 0.4) is 0 Å². The van der Waals surface area contributed by atoms with Gasteiger partial charge in [-0.05, 0) is 12.1 Å². The number of ether oxygens (including phenoxy) is 1. The molecule has 1 aromatic carbocycles. The van der Waals surface area contributed by atoms with Crippen LogP contribution in [0.25, 0.3) is 10.1 Å². The van der Waals surface area contributed by atoms with E-state index in [4.69, 9.17) is 4.74 Å². The number of carbonyl (C=O) groups is 2. The third-order valence-electron chi connectivity index (χ3n) is 2.93. The molecule has 0 saturated heterocycles. The fourth-order valence-electron chi connectivity index (χ4n) is 1.66. The van der Waals surface area contributed by atoms with Gasteiger partial charge in [-0.15, -0.1) is 11.3 Å². The summed E-state index contributed by atoms with van der Waals surface area (Å²) in [6.07, 6.45) is 0. The number of hydrogen-bond donors (Lipinski definition) is 1. The van der Waals surface area contributed by atoms with Crippen LogP contribution >= 0.6 is 11.3 Å². The fraction of sp³-hybridized carbons (Fsp3) is 0.333. The molecule has 2 rings (SSSR count). The molecule has 1 heterocycles. The highest BCUT2D eigenvalue weighted by atomic mass is 32.1. The van der Waals surface area contributed by atoms with Crippen LogP contribution in [0.2, 0.25) is 0 Å². The molecule has 2 aromatic rings. The number of benzene rings is 1. The highest BCUT2D eigenvalue weighted by Crippen LogP contribution is 2.37. The van der Waals surface area contributed by atoms with Crippen molar-refractivity contribution in [2.45, 2.75) is 20.8 Å². The Kier molecular flexibility index (Phi) is 3.81. The fourth-order valence-corrected chi connectivity index (χ4v) is 2.65. The minimum absolute atomic E-state index is 0.0656. The SMILES string of the molecule is CC(C)(C)C(=O)COc1c(C(=O)O)sc2ccccc12. The Morgan fingerprint density at radius 1 is 1.25 bits per heavy atom. The van der Waals surface area contributed by atoms with Crippen molar-refractivity contribution >= 4 is 33.2 Å². The quantitative estimate of drug-likeness (QED) is 0.935. The lowest BCUT2D eigenvalue weighted by Crippen LogP contribution is -2.26. The predicted octanol–water partition coefficient (Wildman–Crippen LogP) is 3.59. The zero-order chi connectivity index (χ0) is 14.9. The molecule has 106 valence electrons. The molecule has 0 aliphatic rings. The minimum atomic E-state index is -1.04. The van der Waals surface area contributed by atoms with Gasteiger partial charge in [0.25, 0.3) is 0 Å². The predicted molar refractivity (Wildman–Crippen MR) is 78.7 cm³/mol. The zero-order valence-electron chi connectivity index (χ0n) is 11.6. The maximum absolute atomic E-state index is 11.9. The second-order valence-corrected chi connectivity index (χ2v) is 6.58. The molecule has 5 heteroatoms. The lowest BCUT2D eigenvalue weighted by Gasteiger charge is -2.16. The molecule has 1 N–H and O–H groups in total. The first-order valence-corrected chi connectivity index (χ1v) is 7.03. The number of carboxylic acid groups (broad SMARTS) is 1. The molecule has 0 spiro atoms. The second kappa shape index (κ2) is 5.25. The van der Waals surface area contributed by atoms with E-state index in [9.17, 15) is 14.7 Å². The molecule has 0 aliphatic heterocycles. The van der Waals surface area contributed by atoms with E-state index in [2.05, 4.69) is 0 Å². The first-order valence-electron chi connectivity index (χ1n) is 6.21. The number of ketones is 1. The van der Waals surface area contributed by atoms with Gasteiger partial charge >= 0.3 is 5.97 Å². The minimum Gasteiger partial charge on any atom is -0.483 e. The molecule has 0 radical (unpaired) electrons. The lowest BCUT2D eigenvalue weighted by atomic mass is 9.91. The van der Waals surface area contributed by atoms with E-state index in [1.165, 1.54) is 0 Å². The normalized spacial score (nSPS) is 11.6. The maximum Gasteiger partial charge on any atom is 0.349 e. The molecule has 0 fully saturated rings. The first-order chi connectivity index (χ1) is 9.30. The van der Waals surface area contributed by atoms with Gasteiger partial charge in [0, 0.05) is 15.5 Å². The number of carbonyl (C=O) groups excluding carboxylic acids is 1. The van der Waals surface area contributed by atoms with Gasteiger partial charge in [-0.3, -0.25) is 4.79 Å². The molecule has 1 aromatic heterocycles. The summed E-state index contributed by atoms with van der Waals surface area (Å²) in [5.74, 6) is -0.816. The largest absolute Gasteiger partial charge is 0.483 e. The maximum atomic E-state index is 11.9. The molecule has 0 saturated carbocycles. The Labute approximate surface area is 121 Å².